The smallest absolute Gasteiger partial charge is 0.459 e. The van der Waals surface area contributed by atoms with Crippen molar-refractivity contribution in [1.82, 2.24) is 14.5 Å². The van der Waals surface area contributed by atoms with Crippen LogP contribution in [0.5, 0.6) is 0 Å². The van der Waals surface area contributed by atoms with Crippen LogP contribution in [0.3, 0.4) is 0 Å². The number of hydrogen-bond donors (Lipinski definition) is 3. The van der Waals surface area contributed by atoms with Gasteiger partial charge in [-0.1, -0.05) is 0 Å². The van der Waals surface area contributed by atoms with E-state index in [1.807, 2.05) is 18.3 Å². The lowest BCUT2D eigenvalue weighted by Crippen LogP contribution is -2.46. The minimum Gasteiger partial charge on any atom is -0.459 e. The zero-order valence-electron chi connectivity index (χ0n) is 21.2. The van der Waals surface area contributed by atoms with E-state index in [0.29, 0.717) is 12.6 Å². The third-order valence-corrected chi connectivity index (χ3v) is 6.77. The van der Waals surface area contributed by atoms with E-state index in [1.165, 1.54) is 20.8 Å². The van der Waals surface area contributed by atoms with Gasteiger partial charge in [-0.3, -0.25) is 23.9 Å². The first kappa shape index (κ1) is 30.8. The largest absolute Gasteiger partial charge is 0.471 e. The summed E-state index contributed by atoms with van der Waals surface area (Å²) in [6.45, 7) is 4.74. The van der Waals surface area contributed by atoms with E-state index >= 15 is 0 Å². The van der Waals surface area contributed by atoms with Gasteiger partial charge in [-0.15, -0.1) is 13.2 Å². The van der Waals surface area contributed by atoms with Gasteiger partial charge in [0.05, 0.1) is 18.2 Å². The molecule has 2 heterocycles. The Balaban J connectivity index is 2.38. The molecule has 1 aromatic heterocycles. The van der Waals surface area contributed by atoms with E-state index in [1.54, 1.807) is 0 Å². The van der Waals surface area contributed by atoms with Crippen LogP contribution < -0.4 is 11.2 Å². The van der Waals surface area contributed by atoms with Crippen molar-refractivity contribution in [2.45, 2.75) is 70.1 Å². The van der Waals surface area contributed by atoms with E-state index in [9.17, 15) is 42.6 Å². The molecule has 1 amide bonds. The summed E-state index contributed by atoms with van der Waals surface area (Å²) in [5.41, 5.74) is -3.72. The second kappa shape index (κ2) is 11.1. The monoisotopic (exact) mass is 555 g/mol. The fraction of sp³-hybridized carbons (Fsp3) is 0.682. The summed E-state index contributed by atoms with van der Waals surface area (Å²) in [5, 5.41) is 20.9. The number of nitrogens with one attached hydrogen (secondary N) is 1. The summed E-state index contributed by atoms with van der Waals surface area (Å²) >= 11 is 0. The lowest BCUT2D eigenvalue weighted by Gasteiger charge is -2.26. The Morgan fingerprint density at radius 3 is 2.32 bits per heavy atom. The quantitative estimate of drug-likeness (QED) is 0.310. The van der Waals surface area contributed by atoms with Crippen molar-refractivity contribution < 1.29 is 42.4 Å². The van der Waals surface area contributed by atoms with Crippen LogP contribution in [0.4, 0.5) is 13.2 Å². The van der Waals surface area contributed by atoms with Crippen LogP contribution in [0.25, 0.3) is 0 Å². The molecule has 37 heavy (non-hydrogen) atoms. The van der Waals surface area contributed by atoms with Crippen LogP contribution in [0.15, 0.2) is 15.8 Å². The number of halogens is 3. The molecule has 3 N–H and O–H groups in total. The number of aliphatic hydroxyl groups excluding tert-OH is 2. The highest BCUT2D eigenvalue weighted by Crippen LogP contribution is 2.39. The average molecular weight is 555 g/mol. The molecule has 1 unspecified atom stereocenters. The molecule has 2 rings (SSSR count). The molecular weight excluding hydrogens is 522 g/mol. The maximum Gasteiger partial charge on any atom is 0.471 e. The first-order chi connectivity index (χ1) is 16.7. The fourth-order valence-electron chi connectivity index (χ4n) is 3.62. The SMILES string of the molecule is C=P(C)(C)CC[C@H]1O[C@@H](n2cc(CN(CC(=O)OC(C)(C)C)C(=O)C(F)(F)F)c(=O)[nH]c2=O)C(O)[C@@H]1O. The number of esters is 1. The molecular formula is C22H33F3N3O8P. The second-order valence-electron chi connectivity index (χ2n) is 10.6. The Kier molecular flexibility index (Phi) is 9.28. The van der Waals surface area contributed by atoms with Gasteiger partial charge in [0.1, 0.15) is 24.4 Å². The van der Waals surface area contributed by atoms with E-state index in [0.717, 1.165) is 10.8 Å². The zero-order valence-corrected chi connectivity index (χ0v) is 22.1. The Morgan fingerprint density at radius 2 is 1.81 bits per heavy atom. The van der Waals surface area contributed by atoms with Crippen LogP contribution in [0, 0.1) is 0 Å². The number of carbonyl (C=O) groups excluding carboxylic acids is 2. The lowest BCUT2D eigenvalue weighted by molar-refractivity contribution is -0.188. The average Bonchev–Trinajstić information content (AvgIpc) is 2.98. The summed E-state index contributed by atoms with van der Waals surface area (Å²) in [5.74, 6) is -3.55. The fourth-order valence-corrected chi connectivity index (χ4v) is 4.57. The van der Waals surface area contributed by atoms with Gasteiger partial charge in [0.15, 0.2) is 6.23 Å². The maximum atomic E-state index is 13.2. The summed E-state index contributed by atoms with van der Waals surface area (Å²) in [4.78, 5) is 51.0. The van der Waals surface area contributed by atoms with Crippen molar-refractivity contribution in [1.29, 1.82) is 0 Å². The molecule has 0 aromatic carbocycles. The van der Waals surface area contributed by atoms with Gasteiger partial charge in [-0.2, -0.15) is 13.2 Å². The number of carbonyl (C=O) groups is 2. The van der Waals surface area contributed by atoms with E-state index in [4.69, 9.17) is 9.47 Å². The first-order valence-corrected chi connectivity index (χ1v) is 14.4. The number of ether oxygens (including phenoxy) is 2. The van der Waals surface area contributed by atoms with Crippen molar-refractivity contribution in [3.05, 3.63) is 32.6 Å². The third-order valence-electron chi connectivity index (χ3n) is 5.30. The number of aromatic nitrogens is 2. The standard InChI is InChI=1S/C22H33F3N3O8P/c1-21(2,3)36-14(29)11-27(19(33)22(23,24)25)9-12-10-28(20(34)26-17(12)32)18-16(31)15(30)13(35-18)7-8-37(4,5)6/h10,13,15-16,18,30-31H,4,7-9,11H2,1-3,5-6H3,(H,26,32,34)/t13-,15-,16?,18-/m1/s1. The Labute approximate surface area is 211 Å². The van der Waals surface area contributed by atoms with Crippen molar-refractivity contribution in [2.24, 2.45) is 0 Å². The Bertz CT molecular complexity index is 1170. The Hall–Kier alpha value is -2.41. The molecule has 0 radical (unpaired) electrons. The summed E-state index contributed by atoms with van der Waals surface area (Å²) in [6, 6.07) is 0. The van der Waals surface area contributed by atoms with Crippen LogP contribution in [-0.4, -0.2) is 99.0 Å². The minimum atomic E-state index is -5.37. The maximum absolute atomic E-state index is 13.2. The number of H-pyrrole nitrogens is 1. The number of aromatic amines is 1. The van der Waals surface area contributed by atoms with Crippen molar-refractivity contribution in [2.75, 3.05) is 26.0 Å². The van der Waals surface area contributed by atoms with Crippen LogP contribution >= 0.6 is 6.89 Å². The molecule has 0 spiro atoms. The van der Waals surface area contributed by atoms with Crippen LogP contribution in [-0.2, 0) is 25.6 Å². The molecule has 1 fully saturated rings. The van der Waals surface area contributed by atoms with Gasteiger partial charge in [0.2, 0.25) is 0 Å². The third kappa shape index (κ3) is 8.56. The predicted octanol–water partition coefficient (Wildman–Crippen LogP) is 0.488. The summed E-state index contributed by atoms with van der Waals surface area (Å²) in [6.07, 6.45) is -4.85. The lowest BCUT2D eigenvalue weighted by atomic mass is 10.1. The predicted molar refractivity (Wildman–Crippen MR) is 130 cm³/mol. The second-order valence-corrected chi connectivity index (χ2v) is 14.9. The van der Waals surface area contributed by atoms with Crippen molar-refractivity contribution in [3.8, 4) is 0 Å². The highest BCUT2D eigenvalue weighted by atomic mass is 31.2. The summed E-state index contributed by atoms with van der Waals surface area (Å²) < 4.78 is 51.0. The van der Waals surface area contributed by atoms with Crippen LogP contribution in [0.1, 0.15) is 39.0 Å². The van der Waals surface area contributed by atoms with E-state index in [2.05, 4.69) is 6.30 Å². The molecule has 4 atom stereocenters. The van der Waals surface area contributed by atoms with Crippen molar-refractivity contribution in [3.63, 3.8) is 0 Å². The number of rotatable bonds is 8. The van der Waals surface area contributed by atoms with Gasteiger partial charge < -0.3 is 24.6 Å². The van der Waals surface area contributed by atoms with Crippen molar-refractivity contribution >= 4 is 25.1 Å². The molecule has 1 aromatic rings. The topological polar surface area (TPSA) is 151 Å². The van der Waals surface area contributed by atoms with Gasteiger partial charge in [0, 0.05) is 6.20 Å². The zero-order chi connectivity index (χ0) is 28.5. The molecule has 1 aliphatic rings. The molecule has 1 saturated heterocycles. The number of amides is 1. The highest BCUT2D eigenvalue weighted by molar-refractivity contribution is 7.72. The molecule has 210 valence electrons. The van der Waals surface area contributed by atoms with E-state index in [-0.39, 0.29) is 4.90 Å². The number of alkyl halides is 3. The van der Waals surface area contributed by atoms with Gasteiger partial charge in [-0.25, -0.2) is 4.79 Å². The molecule has 0 aliphatic carbocycles. The molecule has 1 aliphatic heterocycles. The molecule has 11 nitrogen and oxygen atoms in total. The number of nitrogens with zero attached hydrogens (tertiary/aromatic N) is 2. The highest BCUT2D eigenvalue weighted by Gasteiger charge is 2.45. The first-order valence-electron chi connectivity index (χ1n) is 11.3. The van der Waals surface area contributed by atoms with Gasteiger partial charge >= 0.3 is 23.7 Å². The van der Waals surface area contributed by atoms with Crippen LogP contribution in [0.2, 0.25) is 0 Å². The molecule has 0 bridgehead atoms. The number of hydrogen-bond acceptors (Lipinski definition) is 8. The Morgan fingerprint density at radius 1 is 1.22 bits per heavy atom. The van der Waals surface area contributed by atoms with Gasteiger partial charge in [-0.05, 0) is 46.7 Å². The minimum absolute atomic E-state index is 0.0665. The normalized spacial score (nSPS) is 22.6. The number of aliphatic hydroxyl groups is 2. The summed E-state index contributed by atoms with van der Waals surface area (Å²) in [7, 11) is 0. The molecule has 15 heteroatoms. The van der Waals surface area contributed by atoms with Gasteiger partial charge in [0.25, 0.3) is 5.56 Å². The molecule has 0 saturated carbocycles. The van der Waals surface area contributed by atoms with E-state index < -0.39 is 85.0 Å².